The van der Waals surface area contributed by atoms with Crippen molar-refractivity contribution in [1.29, 1.82) is 0 Å². The average molecular weight is 451 g/mol. The molecular weight excluding hydrogens is 424 g/mol. The maximum atomic E-state index is 12.4. The molecule has 4 nitrogen and oxygen atoms in total. The van der Waals surface area contributed by atoms with Crippen molar-refractivity contribution in [2.24, 2.45) is 0 Å². The molecule has 0 aliphatic rings. The zero-order chi connectivity index (χ0) is 23.6. The molecule has 0 spiro atoms. The summed E-state index contributed by atoms with van der Waals surface area (Å²) in [5, 5.41) is 9.87. The smallest absolute Gasteiger partial charge is 0.170 e. The molecule has 0 unspecified atom stereocenters. The lowest BCUT2D eigenvalue weighted by Gasteiger charge is -2.14. The summed E-state index contributed by atoms with van der Waals surface area (Å²) in [5.41, 5.74) is 3.35. The summed E-state index contributed by atoms with van der Waals surface area (Å²) in [6, 6.07) is 32.2. The maximum Gasteiger partial charge on any atom is 0.170 e. The van der Waals surface area contributed by atoms with Gasteiger partial charge in [-0.1, -0.05) is 91.0 Å². The van der Waals surface area contributed by atoms with E-state index < -0.39 is 0 Å². The van der Waals surface area contributed by atoms with Gasteiger partial charge in [-0.25, -0.2) is 0 Å². The van der Waals surface area contributed by atoms with Gasteiger partial charge in [0.1, 0.15) is 19.0 Å². The SMILES string of the molecule is O=C(CC=Cc1ccc(OCc2ccccc2)c(OCc2ccccc2)c1)c1ccccc1O. The number of hydrogen-bond donors (Lipinski definition) is 1. The van der Waals surface area contributed by atoms with Gasteiger partial charge >= 0.3 is 0 Å². The topological polar surface area (TPSA) is 55.8 Å². The van der Waals surface area contributed by atoms with E-state index in [0.717, 1.165) is 16.7 Å². The molecule has 0 aliphatic carbocycles. The highest BCUT2D eigenvalue weighted by Crippen LogP contribution is 2.31. The molecule has 4 aromatic rings. The molecule has 0 amide bonds. The fourth-order valence-electron chi connectivity index (χ4n) is 3.45. The monoisotopic (exact) mass is 450 g/mol. The van der Waals surface area contributed by atoms with Crippen LogP contribution in [0.15, 0.2) is 109 Å². The van der Waals surface area contributed by atoms with Crippen LogP contribution in [-0.4, -0.2) is 10.9 Å². The molecule has 4 aromatic carbocycles. The number of carbonyl (C=O) groups excluding carboxylic acids is 1. The highest BCUT2D eigenvalue weighted by atomic mass is 16.5. The van der Waals surface area contributed by atoms with Gasteiger partial charge in [-0.05, 0) is 41.0 Å². The van der Waals surface area contributed by atoms with Gasteiger partial charge in [-0.15, -0.1) is 0 Å². The second kappa shape index (κ2) is 11.5. The Labute approximate surface area is 199 Å². The Bertz CT molecular complexity index is 1250. The molecule has 0 radical (unpaired) electrons. The minimum Gasteiger partial charge on any atom is -0.507 e. The van der Waals surface area contributed by atoms with Crippen molar-refractivity contribution in [2.75, 3.05) is 0 Å². The first kappa shape index (κ1) is 22.9. The van der Waals surface area contributed by atoms with Crippen LogP contribution in [-0.2, 0) is 13.2 Å². The number of carbonyl (C=O) groups is 1. The molecule has 4 heteroatoms. The number of aromatic hydroxyl groups is 1. The van der Waals surface area contributed by atoms with Gasteiger partial charge < -0.3 is 14.6 Å². The Morgan fingerprint density at radius 2 is 1.29 bits per heavy atom. The van der Waals surface area contributed by atoms with Crippen LogP contribution in [0.2, 0.25) is 0 Å². The number of benzene rings is 4. The first-order valence-corrected chi connectivity index (χ1v) is 11.1. The minimum absolute atomic E-state index is 0.00239. The van der Waals surface area contributed by atoms with Gasteiger partial charge in [0.25, 0.3) is 0 Å². The lowest BCUT2D eigenvalue weighted by Crippen LogP contribution is -2.01. The Hall–Kier alpha value is -4.31. The van der Waals surface area contributed by atoms with Crippen molar-refractivity contribution in [3.8, 4) is 17.2 Å². The summed E-state index contributed by atoms with van der Waals surface area (Å²) in [4.78, 5) is 12.4. The van der Waals surface area contributed by atoms with Gasteiger partial charge in [0.05, 0.1) is 5.56 Å². The van der Waals surface area contributed by atoms with E-state index in [0.29, 0.717) is 30.3 Å². The van der Waals surface area contributed by atoms with Gasteiger partial charge in [0.2, 0.25) is 0 Å². The highest BCUT2D eigenvalue weighted by Gasteiger charge is 2.10. The normalized spacial score (nSPS) is 10.8. The molecule has 4 rings (SSSR count). The number of ether oxygens (including phenoxy) is 2. The fraction of sp³-hybridized carbons (Fsp3) is 0.100. The van der Waals surface area contributed by atoms with Crippen LogP contribution in [0.1, 0.15) is 33.5 Å². The van der Waals surface area contributed by atoms with Crippen molar-refractivity contribution in [1.82, 2.24) is 0 Å². The Kier molecular flexibility index (Phi) is 7.75. The Morgan fingerprint density at radius 3 is 1.94 bits per heavy atom. The average Bonchev–Trinajstić information content (AvgIpc) is 2.88. The van der Waals surface area contributed by atoms with E-state index in [2.05, 4.69) is 0 Å². The van der Waals surface area contributed by atoms with Gasteiger partial charge in [0, 0.05) is 6.42 Å². The van der Waals surface area contributed by atoms with Crippen molar-refractivity contribution >= 4 is 11.9 Å². The second-order valence-corrected chi connectivity index (χ2v) is 7.80. The van der Waals surface area contributed by atoms with Gasteiger partial charge in [-0.2, -0.15) is 0 Å². The van der Waals surface area contributed by atoms with E-state index in [9.17, 15) is 9.90 Å². The number of allylic oxidation sites excluding steroid dienone is 1. The highest BCUT2D eigenvalue weighted by molar-refractivity contribution is 5.99. The summed E-state index contributed by atoms with van der Waals surface area (Å²) in [5.74, 6) is 1.14. The van der Waals surface area contributed by atoms with Crippen LogP contribution in [0.5, 0.6) is 17.2 Å². The van der Waals surface area contributed by atoms with Crippen LogP contribution >= 0.6 is 0 Å². The minimum atomic E-state index is -0.141. The molecule has 34 heavy (non-hydrogen) atoms. The Morgan fingerprint density at radius 1 is 0.706 bits per heavy atom. The first-order valence-electron chi connectivity index (χ1n) is 11.1. The van der Waals surface area contributed by atoms with E-state index in [-0.39, 0.29) is 18.0 Å². The van der Waals surface area contributed by atoms with Crippen LogP contribution in [0, 0.1) is 0 Å². The molecule has 0 saturated heterocycles. The lowest BCUT2D eigenvalue weighted by molar-refractivity contribution is 0.0993. The summed E-state index contributed by atoms with van der Waals surface area (Å²) >= 11 is 0. The number of Topliss-reactive ketones (excluding diaryl/α,β-unsaturated/α-hetero) is 1. The van der Waals surface area contributed by atoms with Gasteiger partial charge in [-0.3, -0.25) is 4.79 Å². The number of rotatable bonds is 10. The standard InChI is InChI=1S/C30H26O4/c31-27-16-8-7-15-26(27)28(32)17-9-14-23-18-19-29(33-21-24-10-3-1-4-11-24)30(20-23)34-22-25-12-5-2-6-13-25/h1-16,18-20,31H,17,21-22H2. The predicted octanol–water partition coefficient (Wildman–Crippen LogP) is 6.84. The van der Waals surface area contributed by atoms with E-state index >= 15 is 0 Å². The molecule has 1 N–H and O–H groups in total. The molecule has 0 aliphatic heterocycles. The van der Waals surface area contributed by atoms with E-state index in [1.807, 2.05) is 84.9 Å². The molecule has 0 fully saturated rings. The molecule has 0 bridgehead atoms. The van der Waals surface area contributed by atoms with E-state index in [1.54, 1.807) is 24.3 Å². The predicted molar refractivity (Wildman–Crippen MR) is 134 cm³/mol. The van der Waals surface area contributed by atoms with Crippen molar-refractivity contribution in [2.45, 2.75) is 19.6 Å². The summed E-state index contributed by atoms with van der Waals surface area (Å²) in [6.07, 6.45) is 3.84. The van der Waals surface area contributed by atoms with Crippen molar-refractivity contribution in [3.63, 3.8) is 0 Å². The first-order chi connectivity index (χ1) is 16.7. The van der Waals surface area contributed by atoms with Crippen LogP contribution in [0.3, 0.4) is 0 Å². The molecule has 0 atom stereocenters. The molecular formula is C30H26O4. The third-order valence-corrected chi connectivity index (χ3v) is 5.26. The van der Waals surface area contributed by atoms with Crippen molar-refractivity contribution < 1.29 is 19.4 Å². The number of para-hydroxylation sites is 1. The third-order valence-electron chi connectivity index (χ3n) is 5.26. The zero-order valence-electron chi connectivity index (χ0n) is 18.8. The Balaban J connectivity index is 1.48. The quantitative estimate of drug-likeness (QED) is 0.269. The largest absolute Gasteiger partial charge is 0.507 e. The summed E-state index contributed by atoms with van der Waals surface area (Å²) in [7, 11) is 0. The number of phenolic OH excluding ortho intramolecular Hbond substituents is 1. The van der Waals surface area contributed by atoms with E-state index in [4.69, 9.17) is 9.47 Å². The van der Waals surface area contributed by atoms with Crippen LogP contribution in [0.25, 0.3) is 6.08 Å². The number of phenols is 1. The summed E-state index contributed by atoms with van der Waals surface area (Å²) < 4.78 is 12.2. The van der Waals surface area contributed by atoms with Crippen LogP contribution in [0.4, 0.5) is 0 Å². The van der Waals surface area contributed by atoms with Crippen molar-refractivity contribution in [3.05, 3.63) is 131 Å². The van der Waals surface area contributed by atoms with Crippen LogP contribution < -0.4 is 9.47 Å². The number of hydrogen-bond acceptors (Lipinski definition) is 4. The summed E-state index contributed by atoms with van der Waals surface area (Å²) in [6.45, 7) is 0.855. The zero-order valence-corrected chi connectivity index (χ0v) is 18.8. The molecule has 0 saturated carbocycles. The van der Waals surface area contributed by atoms with Gasteiger partial charge in [0.15, 0.2) is 17.3 Å². The molecule has 170 valence electrons. The second-order valence-electron chi connectivity index (χ2n) is 7.80. The molecule has 0 heterocycles. The number of ketones is 1. The van der Waals surface area contributed by atoms with E-state index in [1.165, 1.54) is 6.07 Å². The lowest BCUT2D eigenvalue weighted by atomic mass is 10.1. The molecule has 0 aromatic heterocycles. The maximum absolute atomic E-state index is 12.4. The third kappa shape index (κ3) is 6.36. The fourth-order valence-corrected chi connectivity index (χ4v) is 3.45.